The van der Waals surface area contributed by atoms with E-state index in [1.807, 2.05) is 36.1 Å². The predicted octanol–water partition coefficient (Wildman–Crippen LogP) is 2.44. The Labute approximate surface area is 183 Å². The van der Waals surface area contributed by atoms with E-state index in [0.717, 1.165) is 37.6 Å². The Morgan fingerprint density at radius 2 is 1.68 bits per heavy atom. The summed E-state index contributed by atoms with van der Waals surface area (Å²) in [6.45, 7) is 10.9. The molecule has 2 heterocycles. The van der Waals surface area contributed by atoms with Gasteiger partial charge in [-0.2, -0.15) is 0 Å². The van der Waals surface area contributed by atoms with Crippen LogP contribution in [-0.2, 0) is 4.79 Å². The van der Waals surface area contributed by atoms with Crippen LogP contribution in [0.1, 0.15) is 38.2 Å². The SMILES string of the molecule is CC(=O)N1CCN(c2ccc(Nc3cc(NC(C)C(C)C)c(C(N)=O)nn3)cc2)CC1. The summed E-state index contributed by atoms with van der Waals surface area (Å²) in [4.78, 5) is 27.3. The van der Waals surface area contributed by atoms with Crippen LogP contribution in [0.15, 0.2) is 30.3 Å². The maximum Gasteiger partial charge on any atom is 0.271 e. The van der Waals surface area contributed by atoms with Crippen LogP contribution < -0.4 is 21.3 Å². The fraction of sp³-hybridized carbons (Fsp3) is 0.455. The molecular formula is C22H31N7O2. The number of nitrogens with one attached hydrogen (secondary N) is 2. The number of nitrogens with zero attached hydrogens (tertiary/aromatic N) is 4. The third-order valence-electron chi connectivity index (χ3n) is 5.64. The van der Waals surface area contributed by atoms with Crippen molar-refractivity contribution in [2.24, 2.45) is 11.7 Å². The standard InChI is InChI=1S/C22H31N7O2/c1-14(2)15(3)24-19-13-20(26-27-21(19)22(23)31)25-17-5-7-18(8-6-17)29-11-9-28(10-12-29)16(4)30/h5-8,13-15H,9-12H2,1-4H3,(H2,23,31)(H2,24,25,26). The molecule has 0 bridgehead atoms. The molecule has 0 radical (unpaired) electrons. The zero-order valence-electron chi connectivity index (χ0n) is 18.6. The average Bonchev–Trinajstić information content (AvgIpc) is 2.74. The molecular weight excluding hydrogens is 394 g/mol. The molecule has 1 aliphatic heterocycles. The lowest BCUT2D eigenvalue weighted by Gasteiger charge is -2.35. The van der Waals surface area contributed by atoms with Crippen LogP contribution in [0.2, 0.25) is 0 Å². The Kier molecular flexibility index (Phi) is 6.94. The summed E-state index contributed by atoms with van der Waals surface area (Å²) >= 11 is 0. The van der Waals surface area contributed by atoms with Gasteiger partial charge in [0.25, 0.3) is 5.91 Å². The van der Waals surface area contributed by atoms with Gasteiger partial charge in [0.1, 0.15) is 0 Å². The minimum atomic E-state index is -0.619. The second-order valence-corrected chi connectivity index (χ2v) is 8.20. The molecule has 9 nitrogen and oxygen atoms in total. The van der Waals surface area contributed by atoms with E-state index in [1.54, 1.807) is 13.0 Å². The number of carbonyl (C=O) groups is 2. The number of hydrogen-bond acceptors (Lipinski definition) is 7. The molecule has 2 amide bonds. The highest BCUT2D eigenvalue weighted by Crippen LogP contribution is 2.24. The number of anilines is 4. The third kappa shape index (κ3) is 5.62. The summed E-state index contributed by atoms with van der Waals surface area (Å²) in [6, 6.07) is 9.91. The number of rotatable bonds is 7. The predicted molar refractivity (Wildman–Crippen MR) is 123 cm³/mol. The molecule has 9 heteroatoms. The number of hydrogen-bond donors (Lipinski definition) is 3. The summed E-state index contributed by atoms with van der Waals surface area (Å²) in [6.07, 6.45) is 0. The number of benzene rings is 1. The van der Waals surface area contributed by atoms with E-state index in [-0.39, 0.29) is 17.6 Å². The van der Waals surface area contributed by atoms with Crippen molar-refractivity contribution >= 4 is 34.7 Å². The van der Waals surface area contributed by atoms with E-state index < -0.39 is 5.91 Å². The Balaban J connectivity index is 1.69. The summed E-state index contributed by atoms with van der Waals surface area (Å²) in [5.41, 5.74) is 8.10. The van der Waals surface area contributed by atoms with E-state index in [9.17, 15) is 9.59 Å². The van der Waals surface area contributed by atoms with Crippen molar-refractivity contribution in [1.82, 2.24) is 15.1 Å². The minimum absolute atomic E-state index is 0.123. The Morgan fingerprint density at radius 1 is 1.03 bits per heavy atom. The van der Waals surface area contributed by atoms with Crippen LogP contribution in [0.5, 0.6) is 0 Å². The van der Waals surface area contributed by atoms with Gasteiger partial charge in [0.2, 0.25) is 5.91 Å². The van der Waals surface area contributed by atoms with Gasteiger partial charge in [-0.1, -0.05) is 13.8 Å². The van der Waals surface area contributed by atoms with Crippen LogP contribution in [0, 0.1) is 5.92 Å². The monoisotopic (exact) mass is 425 g/mol. The quantitative estimate of drug-likeness (QED) is 0.624. The maximum absolute atomic E-state index is 11.7. The maximum atomic E-state index is 11.7. The first kappa shape index (κ1) is 22.3. The van der Waals surface area contributed by atoms with E-state index in [2.05, 4.69) is 39.6 Å². The van der Waals surface area contributed by atoms with Gasteiger partial charge >= 0.3 is 0 Å². The van der Waals surface area contributed by atoms with Gasteiger partial charge in [-0.25, -0.2) is 0 Å². The molecule has 1 fully saturated rings. The molecule has 1 atom stereocenters. The minimum Gasteiger partial charge on any atom is -0.380 e. The van der Waals surface area contributed by atoms with Crippen LogP contribution in [0.4, 0.5) is 22.9 Å². The van der Waals surface area contributed by atoms with Crippen molar-refractivity contribution in [2.45, 2.75) is 33.7 Å². The molecule has 0 spiro atoms. The smallest absolute Gasteiger partial charge is 0.271 e. The fourth-order valence-corrected chi connectivity index (χ4v) is 3.34. The highest BCUT2D eigenvalue weighted by atomic mass is 16.2. The Hall–Kier alpha value is -3.36. The molecule has 31 heavy (non-hydrogen) atoms. The van der Waals surface area contributed by atoms with Gasteiger partial charge in [-0.05, 0) is 37.1 Å². The van der Waals surface area contributed by atoms with Gasteiger partial charge in [-0.15, -0.1) is 10.2 Å². The molecule has 0 aliphatic carbocycles. The van der Waals surface area contributed by atoms with Crippen molar-refractivity contribution in [3.05, 3.63) is 36.0 Å². The lowest BCUT2D eigenvalue weighted by atomic mass is 10.1. The molecule has 166 valence electrons. The zero-order valence-corrected chi connectivity index (χ0v) is 18.6. The van der Waals surface area contributed by atoms with Gasteiger partial charge in [0.15, 0.2) is 11.5 Å². The van der Waals surface area contributed by atoms with E-state index in [1.165, 1.54) is 0 Å². The highest BCUT2D eigenvalue weighted by molar-refractivity contribution is 5.96. The molecule has 2 aromatic rings. The van der Waals surface area contributed by atoms with E-state index in [4.69, 9.17) is 5.73 Å². The first-order valence-electron chi connectivity index (χ1n) is 10.6. The van der Waals surface area contributed by atoms with Crippen molar-refractivity contribution in [3.8, 4) is 0 Å². The molecule has 1 aromatic carbocycles. The summed E-state index contributed by atoms with van der Waals surface area (Å²) in [7, 11) is 0. The van der Waals surface area contributed by atoms with Crippen molar-refractivity contribution < 1.29 is 9.59 Å². The number of nitrogens with two attached hydrogens (primary N) is 1. The lowest BCUT2D eigenvalue weighted by molar-refractivity contribution is -0.129. The van der Waals surface area contributed by atoms with Gasteiger partial charge < -0.3 is 26.2 Å². The Morgan fingerprint density at radius 3 is 2.23 bits per heavy atom. The molecule has 1 aliphatic rings. The van der Waals surface area contributed by atoms with Crippen LogP contribution in [0.25, 0.3) is 0 Å². The highest BCUT2D eigenvalue weighted by Gasteiger charge is 2.19. The third-order valence-corrected chi connectivity index (χ3v) is 5.64. The number of amides is 2. The number of piperazine rings is 1. The number of aromatic nitrogens is 2. The van der Waals surface area contributed by atoms with Crippen LogP contribution >= 0.6 is 0 Å². The zero-order chi connectivity index (χ0) is 22.5. The van der Waals surface area contributed by atoms with Gasteiger partial charge in [0, 0.05) is 56.6 Å². The number of carbonyl (C=O) groups excluding carboxylic acids is 2. The van der Waals surface area contributed by atoms with Crippen molar-refractivity contribution in [1.29, 1.82) is 0 Å². The summed E-state index contributed by atoms with van der Waals surface area (Å²) in [5.74, 6) is 0.396. The first-order valence-corrected chi connectivity index (χ1v) is 10.6. The van der Waals surface area contributed by atoms with Crippen molar-refractivity contribution in [3.63, 3.8) is 0 Å². The van der Waals surface area contributed by atoms with Gasteiger partial charge in [0.05, 0.1) is 5.69 Å². The molecule has 1 unspecified atom stereocenters. The second kappa shape index (κ2) is 9.63. The number of primary amides is 1. The topological polar surface area (TPSA) is 116 Å². The molecule has 4 N–H and O–H groups in total. The van der Waals surface area contributed by atoms with Crippen LogP contribution in [-0.4, -0.2) is 59.1 Å². The van der Waals surface area contributed by atoms with Gasteiger partial charge in [-0.3, -0.25) is 9.59 Å². The van der Waals surface area contributed by atoms with E-state index in [0.29, 0.717) is 17.4 Å². The van der Waals surface area contributed by atoms with E-state index >= 15 is 0 Å². The second-order valence-electron chi connectivity index (χ2n) is 8.20. The largest absolute Gasteiger partial charge is 0.380 e. The molecule has 3 rings (SSSR count). The average molecular weight is 426 g/mol. The first-order chi connectivity index (χ1) is 14.7. The Bertz CT molecular complexity index is 922. The summed E-state index contributed by atoms with van der Waals surface area (Å²) < 4.78 is 0. The van der Waals surface area contributed by atoms with Crippen molar-refractivity contribution in [2.75, 3.05) is 41.7 Å². The fourth-order valence-electron chi connectivity index (χ4n) is 3.34. The molecule has 1 saturated heterocycles. The lowest BCUT2D eigenvalue weighted by Crippen LogP contribution is -2.48. The van der Waals surface area contributed by atoms with Crippen LogP contribution in [0.3, 0.4) is 0 Å². The molecule has 1 aromatic heterocycles. The molecule has 0 saturated carbocycles. The normalized spacial score (nSPS) is 15.0. The summed E-state index contributed by atoms with van der Waals surface area (Å²) in [5, 5.41) is 14.6.